The molecule has 1 heterocycles. The van der Waals surface area contributed by atoms with Crippen molar-refractivity contribution in [3.05, 3.63) is 35.4 Å². The monoisotopic (exact) mass is 483 g/mol. The second kappa shape index (κ2) is 9.56. The molecule has 1 saturated heterocycles. The van der Waals surface area contributed by atoms with Gasteiger partial charge in [-0.25, -0.2) is 0 Å². The number of carbonyl (C=O) groups is 3. The molecule has 3 rings (SSSR count). The molecule has 2 aliphatic rings. The number of amides is 2. The van der Waals surface area contributed by atoms with E-state index in [0.717, 1.165) is 24.6 Å². The molecule has 1 aromatic carbocycles. The summed E-state index contributed by atoms with van der Waals surface area (Å²) in [5.41, 5.74) is -2.28. The highest BCUT2D eigenvalue weighted by molar-refractivity contribution is 5.98. The minimum Gasteiger partial charge on any atom is -0.481 e. The number of rotatable bonds is 6. The van der Waals surface area contributed by atoms with Gasteiger partial charge in [-0.1, -0.05) is 6.07 Å². The molecular formula is C24H32F3N3O4. The highest BCUT2D eigenvalue weighted by Crippen LogP contribution is 2.42. The molecule has 7 nitrogen and oxygen atoms in total. The Kier molecular flexibility index (Phi) is 7.31. The van der Waals surface area contributed by atoms with Crippen LogP contribution in [0.3, 0.4) is 0 Å². The minimum atomic E-state index is -4.58. The number of hydrogen-bond donors (Lipinski definition) is 2. The SMILES string of the molecule is CC(C)N(C)[C@@H]1CC[C@H](N2CCC(NC(=O)c3cccc(C(F)(F)F)c3)C2=O)[C@](C)(C(=O)O)C1. The molecule has 0 aromatic heterocycles. The van der Waals surface area contributed by atoms with Crippen molar-refractivity contribution in [3.8, 4) is 0 Å². The molecule has 1 unspecified atom stereocenters. The topological polar surface area (TPSA) is 90.0 Å². The van der Waals surface area contributed by atoms with Crippen LogP contribution in [-0.2, 0) is 15.8 Å². The molecule has 2 N–H and O–H groups in total. The molecule has 188 valence electrons. The van der Waals surface area contributed by atoms with Crippen molar-refractivity contribution in [2.45, 2.75) is 76.8 Å². The van der Waals surface area contributed by atoms with Gasteiger partial charge in [0.1, 0.15) is 6.04 Å². The van der Waals surface area contributed by atoms with Gasteiger partial charge in [0, 0.05) is 30.2 Å². The first-order chi connectivity index (χ1) is 15.8. The van der Waals surface area contributed by atoms with E-state index in [0.29, 0.717) is 12.8 Å². The summed E-state index contributed by atoms with van der Waals surface area (Å²) in [6.45, 7) is 6.05. The molecule has 2 fully saturated rings. The Morgan fingerprint density at radius 1 is 1.24 bits per heavy atom. The van der Waals surface area contributed by atoms with Gasteiger partial charge in [-0.15, -0.1) is 0 Å². The van der Waals surface area contributed by atoms with Crippen molar-refractivity contribution in [3.63, 3.8) is 0 Å². The van der Waals surface area contributed by atoms with E-state index in [4.69, 9.17) is 0 Å². The van der Waals surface area contributed by atoms with Gasteiger partial charge in [-0.05, 0) is 71.7 Å². The fourth-order valence-electron chi connectivity index (χ4n) is 5.12. The third kappa shape index (κ3) is 5.06. The maximum Gasteiger partial charge on any atom is 0.416 e. The summed E-state index contributed by atoms with van der Waals surface area (Å²) in [5, 5.41) is 12.6. The van der Waals surface area contributed by atoms with Crippen molar-refractivity contribution in [1.29, 1.82) is 0 Å². The number of carbonyl (C=O) groups excluding carboxylic acids is 2. The highest BCUT2D eigenvalue weighted by Gasteiger charge is 2.52. The number of carboxylic acids is 1. The molecule has 0 spiro atoms. The smallest absolute Gasteiger partial charge is 0.416 e. The number of carboxylic acid groups (broad SMARTS) is 1. The first-order valence-corrected chi connectivity index (χ1v) is 11.5. The van der Waals surface area contributed by atoms with E-state index in [1.165, 1.54) is 11.0 Å². The zero-order valence-electron chi connectivity index (χ0n) is 19.9. The molecule has 1 aliphatic carbocycles. The van der Waals surface area contributed by atoms with E-state index >= 15 is 0 Å². The Hall–Kier alpha value is -2.62. The lowest BCUT2D eigenvalue weighted by Gasteiger charge is -2.48. The number of nitrogens with one attached hydrogen (secondary N) is 1. The number of benzene rings is 1. The minimum absolute atomic E-state index is 0.0754. The van der Waals surface area contributed by atoms with E-state index in [1.807, 2.05) is 20.9 Å². The van der Waals surface area contributed by atoms with E-state index in [1.54, 1.807) is 6.92 Å². The molecule has 0 radical (unpaired) electrons. The zero-order valence-corrected chi connectivity index (χ0v) is 19.9. The van der Waals surface area contributed by atoms with Crippen LogP contribution in [0.15, 0.2) is 24.3 Å². The Labute approximate surface area is 197 Å². The van der Waals surface area contributed by atoms with Crippen LogP contribution < -0.4 is 5.32 Å². The van der Waals surface area contributed by atoms with Gasteiger partial charge in [-0.3, -0.25) is 14.4 Å². The third-order valence-electron chi connectivity index (χ3n) is 7.42. The average Bonchev–Trinajstić information content (AvgIpc) is 3.12. The molecule has 4 atom stereocenters. The zero-order chi connectivity index (χ0) is 25.4. The summed E-state index contributed by atoms with van der Waals surface area (Å²) in [6, 6.07) is 2.93. The van der Waals surface area contributed by atoms with Crippen LogP contribution in [0.2, 0.25) is 0 Å². The van der Waals surface area contributed by atoms with Crippen molar-refractivity contribution in [2.75, 3.05) is 13.6 Å². The van der Waals surface area contributed by atoms with Gasteiger partial charge >= 0.3 is 12.1 Å². The second-order valence-corrected chi connectivity index (χ2v) is 9.86. The van der Waals surface area contributed by atoms with Crippen LogP contribution in [0.4, 0.5) is 13.2 Å². The highest BCUT2D eigenvalue weighted by atomic mass is 19.4. The third-order valence-corrected chi connectivity index (χ3v) is 7.42. The Morgan fingerprint density at radius 3 is 2.50 bits per heavy atom. The predicted molar refractivity (Wildman–Crippen MR) is 119 cm³/mol. The lowest BCUT2D eigenvalue weighted by atomic mass is 9.68. The van der Waals surface area contributed by atoms with E-state index in [-0.39, 0.29) is 30.6 Å². The number of aliphatic carboxylic acids is 1. The maximum atomic E-state index is 13.2. The predicted octanol–water partition coefficient (Wildman–Crippen LogP) is 3.39. The number of nitrogens with zero attached hydrogens (tertiary/aromatic N) is 2. The fraction of sp³-hybridized carbons (Fsp3) is 0.625. The fourth-order valence-corrected chi connectivity index (χ4v) is 5.12. The summed E-state index contributed by atoms with van der Waals surface area (Å²) < 4.78 is 38.9. The van der Waals surface area contributed by atoms with Crippen LogP contribution in [0.1, 0.15) is 62.4 Å². The Balaban J connectivity index is 1.73. The van der Waals surface area contributed by atoms with Gasteiger partial charge in [-0.2, -0.15) is 13.2 Å². The molecule has 2 amide bonds. The Morgan fingerprint density at radius 2 is 1.91 bits per heavy atom. The van der Waals surface area contributed by atoms with Crippen molar-refractivity contribution < 1.29 is 32.7 Å². The quantitative estimate of drug-likeness (QED) is 0.648. The summed E-state index contributed by atoms with van der Waals surface area (Å²) in [6.07, 6.45) is -2.66. The molecule has 34 heavy (non-hydrogen) atoms. The van der Waals surface area contributed by atoms with Crippen LogP contribution in [0.5, 0.6) is 0 Å². The molecule has 0 bridgehead atoms. The van der Waals surface area contributed by atoms with Crippen molar-refractivity contribution in [2.24, 2.45) is 5.41 Å². The van der Waals surface area contributed by atoms with Gasteiger partial charge in [0.15, 0.2) is 0 Å². The van der Waals surface area contributed by atoms with Gasteiger partial charge in [0.05, 0.1) is 11.0 Å². The van der Waals surface area contributed by atoms with Crippen LogP contribution >= 0.6 is 0 Å². The average molecular weight is 484 g/mol. The van der Waals surface area contributed by atoms with Crippen molar-refractivity contribution >= 4 is 17.8 Å². The van der Waals surface area contributed by atoms with Gasteiger partial charge in [0.25, 0.3) is 5.91 Å². The second-order valence-electron chi connectivity index (χ2n) is 9.86. The standard InChI is InChI=1S/C24H32F3N3O4/c1-14(2)29(4)17-8-9-19(23(3,13-17)22(33)34)30-11-10-18(21(30)32)28-20(31)15-6-5-7-16(12-15)24(25,26)27/h5-7,12,14,17-19H,8-11,13H2,1-4H3,(H,28,31)(H,33,34)/t17-,18?,19+,23-/m1/s1. The first-order valence-electron chi connectivity index (χ1n) is 11.5. The van der Waals surface area contributed by atoms with E-state index in [2.05, 4.69) is 10.2 Å². The van der Waals surface area contributed by atoms with E-state index < -0.39 is 47.0 Å². The summed E-state index contributed by atoms with van der Waals surface area (Å²) in [4.78, 5) is 41.8. The largest absolute Gasteiger partial charge is 0.481 e. The summed E-state index contributed by atoms with van der Waals surface area (Å²) in [7, 11) is 1.97. The number of likely N-dealkylation sites (tertiary alicyclic amines) is 1. The molecule has 1 aromatic rings. The maximum absolute atomic E-state index is 13.2. The first kappa shape index (κ1) is 26.0. The number of alkyl halides is 3. The lowest BCUT2D eigenvalue weighted by Crippen LogP contribution is -2.58. The summed E-state index contributed by atoms with van der Waals surface area (Å²) in [5.74, 6) is -2.13. The molecule has 1 saturated carbocycles. The van der Waals surface area contributed by atoms with Gasteiger partial charge < -0.3 is 20.2 Å². The number of halogens is 3. The van der Waals surface area contributed by atoms with Crippen LogP contribution in [0, 0.1) is 5.41 Å². The van der Waals surface area contributed by atoms with Crippen molar-refractivity contribution in [1.82, 2.24) is 15.1 Å². The van der Waals surface area contributed by atoms with Crippen LogP contribution in [0.25, 0.3) is 0 Å². The lowest BCUT2D eigenvalue weighted by molar-refractivity contribution is -0.159. The normalized spacial score (nSPS) is 28.0. The van der Waals surface area contributed by atoms with Crippen LogP contribution in [-0.4, -0.2) is 70.4 Å². The molecule has 10 heteroatoms. The Bertz CT molecular complexity index is 952. The summed E-state index contributed by atoms with van der Waals surface area (Å²) >= 11 is 0. The molecule has 1 aliphatic heterocycles. The van der Waals surface area contributed by atoms with Gasteiger partial charge in [0.2, 0.25) is 5.91 Å². The molecular weight excluding hydrogens is 451 g/mol. The van der Waals surface area contributed by atoms with E-state index in [9.17, 15) is 32.7 Å². The number of hydrogen-bond acceptors (Lipinski definition) is 4.